The normalized spacial score (nSPS) is 10.6. The van der Waals surface area contributed by atoms with E-state index in [2.05, 4.69) is 10.5 Å². The Morgan fingerprint density at radius 3 is 2.57 bits per heavy atom. The number of nitrogens with one attached hydrogen (secondary N) is 1. The maximum atomic E-state index is 12.0. The summed E-state index contributed by atoms with van der Waals surface area (Å²) in [5, 5.41) is 4.62. The minimum Gasteiger partial charge on any atom is -0.497 e. The number of methoxy groups -OCH3 is 2. The Hall–Kier alpha value is -2.24. The second-order valence-electron chi connectivity index (χ2n) is 4.43. The predicted molar refractivity (Wildman–Crippen MR) is 91.1 cm³/mol. The van der Waals surface area contributed by atoms with Crippen LogP contribution in [0.1, 0.15) is 15.9 Å². The highest BCUT2D eigenvalue weighted by Crippen LogP contribution is 2.23. The molecule has 2 aromatic carbocycles. The quantitative estimate of drug-likeness (QED) is 0.658. The van der Waals surface area contributed by atoms with Crippen LogP contribution in [0.15, 0.2) is 41.5 Å². The molecule has 0 fully saturated rings. The number of hydrogen-bond donors (Lipinski definition) is 1. The van der Waals surface area contributed by atoms with E-state index in [1.54, 1.807) is 31.4 Å². The van der Waals surface area contributed by atoms with Crippen molar-refractivity contribution in [1.29, 1.82) is 0 Å². The molecule has 0 bridgehead atoms. The van der Waals surface area contributed by atoms with Gasteiger partial charge in [0.15, 0.2) is 0 Å². The summed E-state index contributed by atoms with van der Waals surface area (Å²) in [6.07, 6.45) is 1.47. The number of hydrogen-bond acceptors (Lipinski definition) is 4. The van der Waals surface area contributed by atoms with Crippen LogP contribution in [0, 0.1) is 0 Å². The number of amides is 1. The minimum absolute atomic E-state index is 0.257. The highest BCUT2D eigenvalue weighted by molar-refractivity contribution is 6.36. The van der Waals surface area contributed by atoms with Crippen LogP contribution in [0.3, 0.4) is 0 Å². The highest BCUT2D eigenvalue weighted by atomic mass is 35.5. The van der Waals surface area contributed by atoms with Gasteiger partial charge in [-0.05, 0) is 30.3 Å². The van der Waals surface area contributed by atoms with Gasteiger partial charge in [-0.25, -0.2) is 5.43 Å². The zero-order valence-electron chi connectivity index (χ0n) is 12.5. The lowest BCUT2D eigenvalue weighted by Crippen LogP contribution is -2.18. The fraction of sp³-hybridized carbons (Fsp3) is 0.125. The average Bonchev–Trinajstić information content (AvgIpc) is 2.54. The molecule has 2 aromatic rings. The van der Waals surface area contributed by atoms with Gasteiger partial charge in [0.25, 0.3) is 5.91 Å². The molecule has 0 aliphatic rings. The molecular formula is C16H14Cl2N2O3. The number of hydrazone groups is 1. The van der Waals surface area contributed by atoms with E-state index in [-0.39, 0.29) is 10.6 Å². The molecule has 7 heteroatoms. The van der Waals surface area contributed by atoms with E-state index in [1.807, 2.05) is 0 Å². The highest BCUT2D eigenvalue weighted by Gasteiger charge is 2.10. The van der Waals surface area contributed by atoms with Crippen molar-refractivity contribution in [3.05, 3.63) is 57.6 Å². The van der Waals surface area contributed by atoms with Crippen molar-refractivity contribution in [2.45, 2.75) is 0 Å². The summed E-state index contributed by atoms with van der Waals surface area (Å²) in [6, 6.07) is 9.86. The van der Waals surface area contributed by atoms with Crippen LogP contribution in [-0.4, -0.2) is 26.3 Å². The molecule has 0 radical (unpaired) electrons. The molecule has 5 nitrogen and oxygen atoms in total. The Morgan fingerprint density at radius 2 is 1.91 bits per heavy atom. The van der Waals surface area contributed by atoms with Gasteiger partial charge in [-0.2, -0.15) is 5.10 Å². The molecule has 0 unspecified atom stereocenters. The molecular weight excluding hydrogens is 339 g/mol. The van der Waals surface area contributed by atoms with Crippen molar-refractivity contribution in [3.8, 4) is 11.5 Å². The number of nitrogens with zero attached hydrogens (tertiary/aromatic N) is 1. The van der Waals surface area contributed by atoms with Gasteiger partial charge in [0.2, 0.25) is 0 Å². The zero-order valence-corrected chi connectivity index (χ0v) is 14.0. The second kappa shape index (κ2) is 7.85. The van der Waals surface area contributed by atoms with Crippen molar-refractivity contribution in [1.82, 2.24) is 5.43 Å². The van der Waals surface area contributed by atoms with E-state index in [0.29, 0.717) is 22.1 Å². The number of carbonyl (C=O) groups excluding carboxylic acids is 1. The van der Waals surface area contributed by atoms with Crippen LogP contribution in [0.5, 0.6) is 11.5 Å². The number of carbonyl (C=O) groups is 1. The van der Waals surface area contributed by atoms with Gasteiger partial charge >= 0.3 is 0 Å². The van der Waals surface area contributed by atoms with Gasteiger partial charge in [0, 0.05) is 16.7 Å². The van der Waals surface area contributed by atoms with Crippen molar-refractivity contribution in [2.75, 3.05) is 14.2 Å². The van der Waals surface area contributed by atoms with Gasteiger partial charge in [0.05, 0.1) is 31.0 Å². The molecule has 0 heterocycles. The Morgan fingerprint density at radius 1 is 1.13 bits per heavy atom. The molecule has 1 N–H and O–H groups in total. The van der Waals surface area contributed by atoms with Crippen LogP contribution >= 0.6 is 23.2 Å². The first-order chi connectivity index (χ1) is 11.0. The van der Waals surface area contributed by atoms with Crippen LogP contribution in [0.25, 0.3) is 0 Å². The third-order valence-corrected chi connectivity index (χ3v) is 3.53. The largest absolute Gasteiger partial charge is 0.497 e. The van der Waals surface area contributed by atoms with E-state index >= 15 is 0 Å². The molecule has 1 amide bonds. The number of benzene rings is 2. The molecule has 120 valence electrons. The van der Waals surface area contributed by atoms with E-state index in [9.17, 15) is 4.79 Å². The Bertz CT molecular complexity index is 748. The SMILES string of the molecule is COc1ccc(/C=N/NC(=O)c2ccc(Cl)cc2Cl)c(OC)c1. The van der Waals surface area contributed by atoms with Crippen molar-refractivity contribution in [2.24, 2.45) is 5.10 Å². The Balaban J connectivity index is 2.11. The van der Waals surface area contributed by atoms with Gasteiger partial charge < -0.3 is 9.47 Å². The van der Waals surface area contributed by atoms with Crippen molar-refractivity contribution < 1.29 is 14.3 Å². The lowest BCUT2D eigenvalue weighted by atomic mass is 10.2. The van der Waals surface area contributed by atoms with Gasteiger partial charge in [-0.1, -0.05) is 23.2 Å². The Kier molecular flexibility index (Phi) is 5.84. The summed E-state index contributed by atoms with van der Waals surface area (Å²) in [5.74, 6) is 0.804. The van der Waals surface area contributed by atoms with Crippen LogP contribution in [0.4, 0.5) is 0 Å². The van der Waals surface area contributed by atoms with E-state index < -0.39 is 5.91 Å². The number of halogens is 2. The topological polar surface area (TPSA) is 59.9 Å². The minimum atomic E-state index is -0.435. The first-order valence-electron chi connectivity index (χ1n) is 6.55. The molecule has 2 rings (SSSR count). The Labute approximate surface area is 143 Å². The smallest absolute Gasteiger partial charge is 0.272 e. The summed E-state index contributed by atoms with van der Waals surface area (Å²) in [4.78, 5) is 12.0. The molecule has 0 aromatic heterocycles. The first kappa shape index (κ1) is 17.1. The molecule has 0 saturated heterocycles. The maximum absolute atomic E-state index is 12.0. The molecule has 0 aliphatic carbocycles. The van der Waals surface area contributed by atoms with Crippen LogP contribution in [-0.2, 0) is 0 Å². The first-order valence-corrected chi connectivity index (χ1v) is 7.31. The molecule has 0 saturated carbocycles. The molecule has 23 heavy (non-hydrogen) atoms. The van der Waals surface area contributed by atoms with E-state index in [1.165, 1.54) is 25.5 Å². The van der Waals surface area contributed by atoms with Gasteiger partial charge in [0.1, 0.15) is 11.5 Å². The molecule has 0 aliphatic heterocycles. The lowest BCUT2D eigenvalue weighted by molar-refractivity contribution is 0.0955. The van der Waals surface area contributed by atoms with Crippen LogP contribution in [0.2, 0.25) is 10.0 Å². The van der Waals surface area contributed by atoms with Gasteiger partial charge in [-0.3, -0.25) is 4.79 Å². The van der Waals surface area contributed by atoms with Crippen molar-refractivity contribution in [3.63, 3.8) is 0 Å². The third kappa shape index (κ3) is 4.37. The second-order valence-corrected chi connectivity index (χ2v) is 5.27. The third-order valence-electron chi connectivity index (χ3n) is 2.99. The summed E-state index contributed by atoms with van der Waals surface area (Å²) >= 11 is 11.8. The number of ether oxygens (including phenoxy) is 2. The zero-order chi connectivity index (χ0) is 16.8. The van der Waals surface area contributed by atoms with Crippen LogP contribution < -0.4 is 14.9 Å². The number of rotatable bonds is 5. The maximum Gasteiger partial charge on any atom is 0.272 e. The standard InChI is InChI=1S/C16H14Cl2N2O3/c1-22-12-5-3-10(15(8-12)23-2)9-19-20-16(21)13-6-4-11(17)7-14(13)18/h3-9H,1-2H3,(H,20,21)/b19-9+. The monoisotopic (exact) mass is 352 g/mol. The summed E-state index contributed by atoms with van der Waals surface area (Å²) in [6.45, 7) is 0. The lowest BCUT2D eigenvalue weighted by Gasteiger charge is -2.07. The summed E-state index contributed by atoms with van der Waals surface area (Å²) in [7, 11) is 3.11. The predicted octanol–water partition coefficient (Wildman–Crippen LogP) is 3.77. The fourth-order valence-corrected chi connectivity index (χ4v) is 2.31. The van der Waals surface area contributed by atoms with Gasteiger partial charge in [-0.15, -0.1) is 0 Å². The summed E-state index contributed by atoms with van der Waals surface area (Å²) in [5.41, 5.74) is 3.38. The average molecular weight is 353 g/mol. The molecule has 0 spiro atoms. The van der Waals surface area contributed by atoms with E-state index in [4.69, 9.17) is 32.7 Å². The van der Waals surface area contributed by atoms with Crippen molar-refractivity contribution >= 4 is 35.3 Å². The molecule has 0 atom stereocenters. The summed E-state index contributed by atoms with van der Waals surface area (Å²) < 4.78 is 10.4. The van der Waals surface area contributed by atoms with E-state index in [0.717, 1.165) is 0 Å². The fourth-order valence-electron chi connectivity index (χ4n) is 1.82.